The van der Waals surface area contributed by atoms with Crippen LogP contribution in [0, 0.1) is 11.2 Å². The summed E-state index contributed by atoms with van der Waals surface area (Å²) in [5, 5.41) is 0. The van der Waals surface area contributed by atoms with Crippen molar-refractivity contribution in [3.8, 4) is 11.1 Å². The van der Waals surface area contributed by atoms with Crippen LogP contribution >= 0.6 is 15.9 Å². The lowest BCUT2D eigenvalue weighted by molar-refractivity contribution is -0.145. The Hall–Kier alpha value is -2.21. The third-order valence-corrected chi connectivity index (χ3v) is 4.93. The maximum absolute atomic E-state index is 14.1. The molecule has 0 spiro atoms. The van der Waals surface area contributed by atoms with Crippen LogP contribution in [0.25, 0.3) is 11.1 Å². The van der Waals surface area contributed by atoms with Gasteiger partial charge in [0.1, 0.15) is 5.82 Å². The lowest BCUT2D eigenvalue weighted by Crippen LogP contribution is -2.31. The van der Waals surface area contributed by atoms with E-state index in [1.807, 2.05) is 31.2 Å². The Morgan fingerprint density at radius 1 is 1.19 bits per heavy atom. The molecular weight excluding hydrogens is 413 g/mol. The summed E-state index contributed by atoms with van der Waals surface area (Å²) in [6.45, 7) is 3.37. The maximum atomic E-state index is 14.1. The second kappa shape index (κ2) is 9.13. The van der Waals surface area contributed by atoms with Gasteiger partial charge in [-0.05, 0) is 36.1 Å². The molecule has 0 fully saturated rings. The highest BCUT2D eigenvalue weighted by molar-refractivity contribution is 9.10. The number of hydrogen-bond donors (Lipinski definition) is 1. The van der Waals surface area contributed by atoms with Crippen molar-refractivity contribution in [2.24, 2.45) is 11.1 Å². The van der Waals surface area contributed by atoms with Gasteiger partial charge in [-0.3, -0.25) is 9.59 Å². The first-order chi connectivity index (χ1) is 12.7. The highest BCUT2D eigenvalue weighted by Gasteiger charge is 2.28. The van der Waals surface area contributed by atoms with E-state index < -0.39 is 11.3 Å². The van der Waals surface area contributed by atoms with Crippen LogP contribution in [-0.2, 0) is 20.7 Å². The van der Waals surface area contributed by atoms with E-state index in [-0.39, 0.29) is 24.8 Å². The van der Waals surface area contributed by atoms with Gasteiger partial charge in [-0.25, -0.2) is 4.39 Å². The number of hydrogen-bond acceptors (Lipinski definition) is 3. The molecule has 6 heteroatoms. The average molecular weight is 436 g/mol. The second-order valence-corrected chi connectivity index (χ2v) is 7.97. The van der Waals surface area contributed by atoms with Crippen molar-refractivity contribution >= 4 is 27.8 Å². The number of primary amides is 1. The van der Waals surface area contributed by atoms with Crippen LogP contribution in [-0.4, -0.2) is 18.5 Å². The fourth-order valence-corrected chi connectivity index (χ4v) is 3.26. The minimum absolute atomic E-state index is 0.141. The van der Waals surface area contributed by atoms with Crippen molar-refractivity contribution in [3.63, 3.8) is 0 Å². The third kappa shape index (κ3) is 6.47. The number of amides is 1. The predicted octanol–water partition coefficient (Wildman–Crippen LogP) is 4.63. The van der Waals surface area contributed by atoms with E-state index in [0.29, 0.717) is 22.9 Å². The van der Waals surface area contributed by atoms with Crippen molar-refractivity contribution in [2.45, 2.75) is 33.1 Å². The van der Waals surface area contributed by atoms with Crippen LogP contribution in [0.4, 0.5) is 4.39 Å². The summed E-state index contributed by atoms with van der Waals surface area (Å²) in [7, 11) is 0. The molecule has 27 heavy (non-hydrogen) atoms. The standard InChI is InChI=1S/C21H23BrFNO3/c1-14(25)27-13-21(2,12-20(24)26)10-9-15-3-5-16(6-4-15)18-8-7-17(22)11-19(18)23/h3-8,11H,9-10,12-13H2,1-2H3,(H2,24,26). The van der Waals surface area contributed by atoms with Crippen molar-refractivity contribution < 1.29 is 18.7 Å². The molecule has 0 aromatic heterocycles. The van der Waals surface area contributed by atoms with E-state index in [4.69, 9.17) is 10.5 Å². The molecule has 0 bridgehead atoms. The molecule has 4 nitrogen and oxygen atoms in total. The molecule has 0 aliphatic heterocycles. The molecule has 2 aromatic rings. The highest BCUT2D eigenvalue weighted by atomic mass is 79.9. The molecule has 0 radical (unpaired) electrons. The van der Waals surface area contributed by atoms with Gasteiger partial charge in [-0.2, -0.15) is 0 Å². The number of halogens is 2. The smallest absolute Gasteiger partial charge is 0.302 e. The van der Waals surface area contributed by atoms with Crippen LogP contribution in [0.3, 0.4) is 0 Å². The molecule has 0 aliphatic carbocycles. The summed E-state index contributed by atoms with van der Waals surface area (Å²) in [4.78, 5) is 22.5. The molecule has 1 atom stereocenters. The number of aryl methyl sites for hydroxylation is 1. The number of benzene rings is 2. The summed E-state index contributed by atoms with van der Waals surface area (Å²) in [5.41, 5.74) is 7.21. The summed E-state index contributed by atoms with van der Waals surface area (Å²) >= 11 is 3.25. The van der Waals surface area contributed by atoms with Crippen molar-refractivity contribution in [1.29, 1.82) is 0 Å². The largest absolute Gasteiger partial charge is 0.465 e. The van der Waals surface area contributed by atoms with Crippen LogP contribution in [0.2, 0.25) is 0 Å². The van der Waals surface area contributed by atoms with Gasteiger partial charge >= 0.3 is 5.97 Å². The van der Waals surface area contributed by atoms with Gasteiger partial charge in [-0.1, -0.05) is 53.2 Å². The van der Waals surface area contributed by atoms with Crippen molar-refractivity contribution in [1.82, 2.24) is 0 Å². The number of rotatable bonds is 8. The Morgan fingerprint density at radius 2 is 1.85 bits per heavy atom. The zero-order chi connectivity index (χ0) is 20.0. The van der Waals surface area contributed by atoms with Gasteiger partial charge in [0, 0.05) is 28.8 Å². The van der Waals surface area contributed by atoms with Gasteiger partial charge in [0.05, 0.1) is 6.61 Å². The quantitative estimate of drug-likeness (QED) is 0.614. The number of carbonyl (C=O) groups excluding carboxylic acids is 2. The Balaban J connectivity index is 2.07. The lowest BCUT2D eigenvalue weighted by Gasteiger charge is -2.27. The normalized spacial score (nSPS) is 13.0. The fourth-order valence-electron chi connectivity index (χ4n) is 2.93. The maximum Gasteiger partial charge on any atom is 0.302 e. The Kier molecular flexibility index (Phi) is 7.13. The Morgan fingerprint density at radius 3 is 2.41 bits per heavy atom. The van der Waals surface area contributed by atoms with Crippen LogP contribution < -0.4 is 5.73 Å². The average Bonchev–Trinajstić information content (AvgIpc) is 2.58. The first-order valence-corrected chi connectivity index (χ1v) is 9.44. The molecule has 0 saturated heterocycles. The second-order valence-electron chi connectivity index (χ2n) is 7.06. The van der Waals surface area contributed by atoms with E-state index in [1.165, 1.54) is 13.0 Å². The third-order valence-electron chi connectivity index (χ3n) is 4.44. The molecule has 1 unspecified atom stereocenters. The van der Waals surface area contributed by atoms with E-state index in [1.54, 1.807) is 12.1 Å². The summed E-state index contributed by atoms with van der Waals surface area (Å²) in [6.07, 6.45) is 1.46. The molecule has 0 aliphatic rings. The van der Waals surface area contributed by atoms with E-state index in [2.05, 4.69) is 15.9 Å². The van der Waals surface area contributed by atoms with Gasteiger partial charge in [-0.15, -0.1) is 0 Å². The van der Waals surface area contributed by atoms with E-state index in [9.17, 15) is 14.0 Å². The Labute approximate surface area is 167 Å². The summed E-state index contributed by atoms with van der Waals surface area (Å²) in [6, 6.07) is 12.6. The molecule has 2 N–H and O–H groups in total. The Bertz CT molecular complexity index is 823. The molecule has 2 rings (SSSR count). The predicted molar refractivity (Wildman–Crippen MR) is 106 cm³/mol. The summed E-state index contributed by atoms with van der Waals surface area (Å²) in [5.74, 6) is -1.09. The first-order valence-electron chi connectivity index (χ1n) is 8.64. The summed E-state index contributed by atoms with van der Waals surface area (Å²) < 4.78 is 19.9. The molecule has 2 aromatic carbocycles. The van der Waals surface area contributed by atoms with Crippen LogP contribution in [0.5, 0.6) is 0 Å². The molecular formula is C21H23BrFNO3. The minimum atomic E-state index is -0.520. The van der Waals surface area contributed by atoms with E-state index >= 15 is 0 Å². The first kappa shape index (κ1) is 21.1. The molecule has 0 heterocycles. The van der Waals surface area contributed by atoms with Crippen molar-refractivity contribution in [2.75, 3.05) is 6.61 Å². The van der Waals surface area contributed by atoms with Crippen LogP contribution in [0.15, 0.2) is 46.9 Å². The van der Waals surface area contributed by atoms with Gasteiger partial charge in [0.15, 0.2) is 0 Å². The zero-order valence-corrected chi connectivity index (χ0v) is 17.0. The monoisotopic (exact) mass is 435 g/mol. The fraction of sp³-hybridized carbons (Fsp3) is 0.333. The topological polar surface area (TPSA) is 69.4 Å². The molecule has 144 valence electrons. The van der Waals surface area contributed by atoms with Crippen LogP contribution in [0.1, 0.15) is 32.3 Å². The number of nitrogens with two attached hydrogens (primary N) is 1. The zero-order valence-electron chi connectivity index (χ0n) is 15.4. The number of esters is 1. The highest BCUT2D eigenvalue weighted by Crippen LogP contribution is 2.30. The lowest BCUT2D eigenvalue weighted by atomic mass is 9.81. The number of ether oxygens (including phenoxy) is 1. The minimum Gasteiger partial charge on any atom is -0.465 e. The van der Waals surface area contributed by atoms with E-state index in [0.717, 1.165) is 11.1 Å². The molecule has 1 amide bonds. The van der Waals surface area contributed by atoms with Gasteiger partial charge < -0.3 is 10.5 Å². The van der Waals surface area contributed by atoms with Gasteiger partial charge in [0.2, 0.25) is 5.91 Å². The molecule has 0 saturated carbocycles. The van der Waals surface area contributed by atoms with Crippen molar-refractivity contribution in [3.05, 3.63) is 58.3 Å². The SMILES string of the molecule is CC(=O)OCC(C)(CCc1ccc(-c2ccc(Br)cc2F)cc1)CC(N)=O. The number of carbonyl (C=O) groups is 2. The van der Waals surface area contributed by atoms with Gasteiger partial charge in [0.25, 0.3) is 0 Å².